The second-order valence-corrected chi connectivity index (χ2v) is 6.80. The van der Waals surface area contributed by atoms with E-state index in [1.165, 1.54) is 12.5 Å². The summed E-state index contributed by atoms with van der Waals surface area (Å²) >= 11 is 0. The molecule has 10 heteroatoms. The lowest BCUT2D eigenvalue weighted by Crippen LogP contribution is -2.47. The van der Waals surface area contributed by atoms with Crippen molar-refractivity contribution in [1.82, 2.24) is 35.9 Å². The molecule has 3 N–H and O–H groups in total. The molecule has 0 bridgehead atoms. The van der Waals surface area contributed by atoms with Gasteiger partial charge in [0.05, 0.1) is 12.5 Å². The Balaban J connectivity index is 1.19. The summed E-state index contributed by atoms with van der Waals surface area (Å²) in [5, 5.41) is 6.62. The minimum atomic E-state index is -0.528. The number of nitrogens with one attached hydrogen (secondary N) is 3. The van der Waals surface area contributed by atoms with Crippen LogP contribution >= 0.6 is 0 Å². The Morgan fingerprint density at radius 3 is 2.50 bits per heavy atom. The van der Waals surface area contributed by atoms with E-state index in [1.54, 1.807) is 4.57 Å². The molecule has 2 heterocycles. The smallest absolute Gasteiger partial charge is 0.333 e. The van der Waals surface area contributed by atoms with Gasteiger partial charge in [0.25, 0.3) is 5.91 Å². The number of imidazole rings is 1. The van der Waals surface area contributed by atoms with Crippen molar-refractivity contribution in [3.63, 3.8) is 0 Å². The maximum atomic E-state index is 12.4. The summed E-state index contributed by atoms with van der Waals surface area (Å²) in [6, 6.07) is 18.3. The summed E-state index contributed by atoms with van der Waals surface area (Å²) in [5.74, 6) is 0.540. The van der Waals surface area contributed by atoms with E-state index < -0.39 is 11.9 Å². The van der Waals surface area contributed by atoms with E-state index in [2.05, 4.69) is 31.3 Å². The van der Waals surface area contributed by atoms with E-state index in [-0.39, 0.29) is 0 Å². The van der Waals surface area contributed by atoms with Crippen LogP contribution in [0.25, 0.3) is 17.1 Å². The van der Waals surface area contributed by atoms with Gasteiger partial charge in [-0.25, -0.2) is 15.2 Å². The molecule has 2 aromatic heterocycles. The van der Waals surface area contributed by atoms with Crippen molar-refractivity contribution >= 4 is 11.9 Å². The van der Waals surface area contributed by atoms with Crippen LogP contribution in [0.15, 0.2) is 77.7 Å². The van der Waals surface area contributed by atoms with E-state index in [0.29, 0.717) is 36.8 Å². The number of urea groups is 1. The Hall–Kier alpha value is -4.47. The summed E-state index contributed by atoms with van der Waals surface area (Å²) in [4.78, 5) is 32.7. The third-order valence-corrected chi connectivity index (χ3v) is 4.55. The first-order valence-corrected chi connectivity index (χ1v) is 10.0. The number of aryl methyl sites for hydroxylation is 1. The van der Waals surface area contributed by atoms with Gasteiger partial charge in [-0.15, -0.1) is 0 Å². The number of rotatable bonds is 7. The largest absolute Gasteiger partial charge is 0.339 e. The van der Waals surface area contributed by atoms with Gasteiger partial charge in [-0.05, 0) is 18.6 Å². The number of carbonyl (C=O) groups excluding carboxylic acids is 2. The summed E-state index contributed by atoms with van der Waals surface area (Å²) < 4.78 is 6.87. The molecule has 4 aromatic rings. The zero-order valence-corrected chi connectivity index (χ0v) is 17.1. The normalized spacial score (nSPS) is 10.5. The summed E-state index contributed by atoms with van der Waals surface area (Å²) in [5.41, 5.74) is 6.66. The van der Waals surface area contributed by atoms with Gasteiger partial charge < -0.3 is 9.84 Å². The molecule has 0 aliphatic heterocycles. The molecule has 0 aliphatic carbocycles. The number of carbonyl (C=O) groups is 2. The maximum Gasteiger partial charge on any atom is 0.333 e. The highest BCUT2D eigenvalue weighted by Gasteiger charge is 2.14. The van der Waals surface area contributed by atoms with Crippen LogP contribution in [0, 0.1) is 0 Å². The third-order valence-electron chi connectivity index (χ3n) is 4.55. The fourth-order valence-electron chi connectivity index (χ4n) is 2.98. The van der Waals surface area contributed by atoms with Crippen LogP contribution in [-0.4, -0.2) is 38.2 Å². The van der Waals surface area contributed by atoms with Gasteiger partial charge in [0.15, 0.2) is 0 Å². The average Bonchev–Trinajstić information content (AvgIpc) is 3.52. The number of nitrogens with zero attached hydrogens (tertiary/aromatic N) is 4. The molecule has 2 aromatic carbocycles. The van der Waals surface area contributed by atoms with Crippen LogP contribution in [0.3, 0.4) is 0 Å². The average molecular weight is 431 g/mol. The van der Waals surface area contributed by atoms with E-state index in [9.17, 15) is 9.59 Å². The van der Waals surface area contributed by atoms with Crippen molar-refractivity contribution in [2.45, 2.75) is 12.8 Å². The molecule has 32 heavy (non-hydrogen) atoms. The van der Waals surface area contributed by atoms with Gasteiger partial charge in [-0.2, -0.15) is 4.98 Å². The van der Waals surface area contributed by atoms with Gasteiger partial charge in [-0.1, -0.05) is 53.7 Å². The number of benzene rings is 2. The van der Waals surface area contributed by atoms with Crippen LogP contribution in [0.2, 0.25) is 0 Å². The van der Waals surface area contributed by atoms with Crippen molar-refractivity contribution in [2.24, 2.45) is 0 Å². The van der Waals surface area contributed by atoms with Gasteiger partial charge in [0, 0.05) is 24.2 Å². The molecule has 10 nitrogen and oxygen atoms in total. The zero-order chi connectivity index (χ0) is 22.2. The molecule has 162 valence electrons. The van der Waals surface area contributed by atoms with E-state index in [1.807, 2.05) is 60.7 Å². The monoisotopic (exact) mass is 431 g/mol. The van der Waals surface area contributed by atoms with E-state index in [4.69, 9.17) is 4.52 Å². The molecule has 0 aliphatic rings. The van der Waals surface area contributed by atoms with Crippen molar-refractivity contribution in [1.29, 1.82) is 0 Å². The highest BCUT2D eigenvalue weighted by molar-refractivity contribution is 5.94. The number of amides is 3. The van der Waals surface area contributed by atoms with Crippen molar-refractivity contribution in [2.75, 3.05) is 6.54 Å². The van der Waals surface area contributed by atoms with Gasteiger partial charge in [0.2, 0.25) is 11.7 Å². The molecule has 0 atom stereocenters. The van der Waals surface area contributed by atoms with Gasteiger partial charge in [0.1, 0.15) is 5.69 Å². The standard InChI is InChI=1S/C22H21N7O3/c30-21(18-14-23-15-29(18)17-10-5-2-6-11-17)26-27-22(31)24-13-7-12-19-25-20(28-32-19)16-8-3-1-4-9-16/h1-6,8-11,14-15H,7,12-13H2,(H,26,30)(H2,24,27,31). The van der Waals surface area contributed by atoms with Gasteiger partial charge >= 0.3 is 6.03 Å². The molecule has 0 radical (unpaired) electrons. The predicted molar refractivity (Wildman–Crippen MR) is 116 cm³/mol. The lowest BCUT2D eigenvalue weighted by atomic mass is 10.2. The van der Waals surface area contributed by atoms with Crippen molar-refractivity contribution in [3.8, 4) is 17.1 Å². The first kappa shape index (κ1) is 20.8. The first-order valence-electron chi connectivity index (χ1n) is 10.0. The summed E-state index contributed by atoms with van der Waals surface area (Å²) in [6.45, 7) is 0.368. The zero-order valence-electron chi connectivity index (χ0n) is 17.1. The van der Waals surface area contributed by atoms with E-state index >= 15 is 0 Å². The van der Waals surface area contributed by atoms with Crippen LogP contribution in [0.4, 0.5) is 4.79 Å². The van der Waals surface area contributed by atoms with Crippen molar-refractivity contribution < 1.29 is 14.1 Å². The van der Waals surface area contributed by atoms with Crippen LogP contribution in [0.1, 0.15) is 22.8 Å². The SMILES string of the molecule is O=C(NCCCc1nc(-c2ccccc2)no1)NNC(=O)c1cncn1-c1ccccc1. The predicted octanol–water partition coefficient (Wildman–Crippen LogP) is 2.50. The second-order valence-electron chi connectivity index (χ2n) is 6.80. The number of hydrogen-bond acceptors (Lipinski definition) is 6. The Bertz CT molecular complexity index is 1170. The number of aromatic nitrogens is 4. The summed E-state index contributed by atoms with van der Waals surface area (Å²) in [6.07, 6.45) is 4.07. The Labute approximate surface area is 183 Å². The Morgan fingerprint density at radius 2 is 1.72 bits per heavy atom. The highest BCUT2D eigenvalue weighted by atomic mass is 16.5. The maximum absolute atomic E-state index is 12.4. The van der Waals surface area contributed by atoms with Crippen LogP contribution in [0.5, 0.6) is 0 Å². The number of hydrogen-bond donors (Lipinski definition) is 3. The van der Waals surface area contributed by atoms with E-state index in [0.717, 1.165) is 11.3 Å². The molecule has 0 fully saturated rings. The lowest BCUT2D eigenvalue weighted by Gasteiger charge is -2.10. The van der Waals surface area contributed by atoms with Gasteiger partial charge in [-0.3, -0.25) is 14.8 Å². The Kier molecular flexibility index (Phi) is 6.51. The molecule has 0 spiro atoms. The minimum Gasteiger partial charge on any atom is -0.339 e. The Morgan fingerprint density at radius 1 is 0.969 bits per heavy atom. The fraction of sp³-hybridized carbons (Fsp3) is 0.136. The summed E-state index contributed by atoms with van der Waals surface area (Å²) in [7, 11) is 0. The quantitative estimate of drug-likeness (QED) is 0.305. The van der Waals surface area contributed by atoms with Crippen LogP contribution < -0.4 is 16.2 Å². The topological polar surface area (TPSA) is 127 Å². The molecule has 0 saturated heterocycles. The number of hydrazine groups is 1. The third kappa shape index (κ3) is 5.17. The fourth-order valence-corrected chi connectivity index (χ4v) is 2.98. The molecular weight excluding hydrogens is 410 g/mol. The molecule has 0 unspecified atom stereocenters. The molecular formula is C22H21N7O3. The molecule has 0 saturated carbocycles. The number of para-hydroxylation sites is 1. The minimum absolute atomic E-state index is 0.294. The first-order chi connectivity index (χ1) is 15.7. The molecule has 3 amide bonds. The molecule has 4 rings (SSSR count). The van der Waals surface area contributed by atoms with Crippen LogP contribution in [-0.2, 0) is 6.42 Å². The lowest BCUT2D eigenvalue weighted by molar-refractivity contribution is 0.0929. The second kappa shape index (κ2) is 10.0. The van der Waals surface area contributed by atoms with Crippen molar-refractivity contribution in [3.05, 3.63) is 84.8 Å². The highest BCUT2D eigenvalue weighted by Crippen LogP contribution is 2.15.